The van der Waals surface area contributed by atoms with Crippen molar-refractivity contribution in [3.05, 3.63) is 69.8 Å². The number of benzene rings is 2. The lowest BCUT2D eigenvalue weighted by Gasteiger charge is -2.74. The summed E-state index contributed by atoms with van der Waals surface area (Å²) < 4.78 is 0. The SMILES string of the molecule is c1cc2c(cc1C13CC4CC(C1)CC(C15CC6CC(CC(c7ccc8c(c7)CCC8)(C6)C1)C5)(C4)C3)CCC2. The summed E-state index contributed by atoms with van der Waals surface area (Å²) in [6.07, 6.45) is 26.8. The first-order chi connectivity index (χ1) is 18.5. The highest BCUT2D eigenvalue weighted by atomic mass is 14.7. The zero-order valence-electron chi connectivity index (χ0n) is 23.5. The minimum absolute atomic E-state index is 0.506. The summed E-state index contributed by atoms with van der Waals surface area (Å²) in [4.78, 5) is 0. The van der Waals surface area contributed by atoms with E-state index in [2.05, 4.69) is 36.4 Å². The van der Waals surface area contributed by atoms with E-state index in [1.54, 1.807) is 84.7 Å². The maximum Gasteiger partial charge on any atom is -0.00361 e. The number of fused-ring (bicyclic) bond motifs is 2. The molecule has 0 nitrogen and oxygen atoms in total. The van der Waals surface area contributed by atoms with E-state index in [9.17, 15) is 0 Å². The summed E-state index contributed by atoms with van der Waals surface area (Å²) in [6, 6.07) is 15.9. The molecule has 198 valence electrons. The average molecular weight is 503 g/mol. The van der Waals surface area contributed by atoms with Gasteiger partial charge in [0.1, 0.15) is 0 Å². The van der Waals surface area contributed by atoms with Crippen LogP contribution < -0.4 is 0 Å². The van der Waals surface area contributed by atoms with E-state index in [1.807, 2.05) is 0 Å². The standard InChI is InChI=1S/C38H46/c1-3-29-7-9-33(13-31(29)5-1)35-15-25-11-26(16-35)20-37(19-25,23-35)38-21-27-12-28(22-38)18-36(17-27,24-38)34-10-8-30-4-2-6-32(30)14-34/h7-10,13-14,25-28H,1-6,11-12,15-24H2. The van der Waals surface area contributed by atoms with Crippen molar-refractivity contribution in [3.8, 4) is 0 Å². The van der Waals surface area contributed by atoms with Gasteiger partial charge in [0.2, 0.25) is 0 Å². The third kappa shape index (κ3) is 2.79. The maximum absolute atomic E-state index is 2.74. The van der Waals surface area contributed by atoms with Gasteiger partial charge in [-0.15, -0.1) is 0 Å². The zero-order valence-corrected chi connectivity index (χ0v) is 23.5. The second kappa shape index (κ2) is 7.19. The van der Waals surface area contributed by atoms with Gasteiger partial charge in [0.25, 0.3) is 0 Å². The van der Waals surface area contributed by atoms with Gasteiger partial charge < -0.3 is 0 Å². The van der Waals surface area contributed by atoms with Gasteiger partial charge in [-0.2, -0.15) is 0 Å². The van der Waals surface area contributed by atoms with Gasteiger partial charge in [0, 0.05) is 0 Å². The Morgan fingerprint density at radius 1 is 0.447 bits per heavy atom. The molecule has 0 heterocycles. The summed E-state index contributed by atoms with van der Waals surface area (Å²) >= 11 is 0. The zero-order chi connectivity index (χ0) is 24.7. The Kier molecular flexibility index (Phi) is 4.20. The van der Waals surface area contributed by atoms with Crippen LogP contribution in [-0.4, -0.2) is 0 Å². The summed E-state index contributed by atoms with van der Waals surface area (Å²) in [5.41, 5.74) is 12.6. The van der Waals surface area contributed by atoms with Crippen LogP contribution in [0.2, 0.25) is 0 Å². The molecule has 0 amide bonds. The van der Waals surface area contributed by atoms with Crippen molar-refractivity contribution in [1.82, 2.24) is 0 Å². The highest BCUT2D eigenvalue weighted by molar-refractivity contribution is 5.43. The number of aryl methyl sites for hydroxylation is 4. The van der Waals surface area contributed by atoms with E-state index in [0.717, 1.165) is 23.7 Å². The molecule has 0 saturated heterocycles. The Labute approximate surface area is 230 Å². The smallest absolute Gasteiger partial charge is 0.00361 e. The van der Waals surface area contributed by atoms with E-state index in [0.29, 0.717) is 21.7 Å². The topological polar surface area (TPSA) is 0 Å². The quantitative estimate of drug-likeness (QED) is 0.393. The maximum atomic E-state index is 2.74. The molecule has 0 spiro atoms. The van der Waals surface area contributed by atoms with Crippen molar-refractivity contribution in [2.45, 2.75) is 126 Å². The van der Waals surface area contributed by atoms with Crippen molar-refractivity contribution in [2.75, 3.05) is 0 Å². The van der Waals surface area contributed by atoms with Crippen LogP contribution >= 0.6 is 0 Å². The molecule has 10 aliphatic carbocycles. The molecule has 10 aliphatic rings. The summed E-state index contributed by atoms with van der Waals surface area (Å²) in [6.45, 7) is 0. The molecule has 8 saturated carbocycles. The molecule has 0 radical (unpaired) electrons. The Morgan fingerprint density at radius 3 is 1.26 bits per heavy atom. The molecule has 0 N–H and O–H groups in total. The van der Waals surface area contributed by atoms with Gasteiger partial charge >= 0.3 is 0 Å². The second-order valence-electron chi connectivity index (χ2n) is 16.7. The Balaban J connectivity index is 1.08. The van der Waals surface area contributed by atoms with Crippen LogP contribution in [0.15, 0.2) is 36.4 Å². The lowest BCUT2D eigenvalue weighted by molar-refractivity contribution is -0.212. The second-order valence-corrected chi connectivity index (χ2v) is 16.7. The van der Waals surface area contributed by atoms with Crippen LogP contribution in [0.4, 0.5) is 0 Å². The van der Waals surface area contributed by atoms with Crippen LogP contribution in [-0.2, 0) is 36.5 Å². The van der Waals surface area contributed by atoms with Crippen LogP contribution in [0, 0.1) is 34.5 Å². The number of rotatable bonds is 3. The highest BCUT2D eigenvalue weighted by Crippen LogP contribution is 2.78. The fourth-order valence-corrected chi connectivity index (χ4v) is 14.2. The molecule has 4 atom stereocenters. The normalized spacial score (nSPS) is 47.1. The van der Waals surface area contributed by atoms with E-state index in [4.69, 9.17) is 0 Å². The average Bonchev–Trinajstić information content (AvgIpc) is 3.56. The molecule has 38 heavy (non-hydrogen) atoms. The lowest BCUT2D eigenvalue weighted by Crippen LogP contribution is -2.66. The predicted octanol–water partition coefficient (Wildman–Crippen LogP) is 9.04. The minimum Gasteiger partial charge on any atom is -0.0585 e. The molecule has 2 aromatic carbocycles. The predicted molar refractivity (Wildman–Crippen MR) is 155 cm³/mol. The van der Waals surface area contributed by atoms with Gasteiger partial charge in [-0.3, -0.25) is 0 Å². The number of hydrogen-bond acceptors (Lipinski definition) is 0. The molecule has 8 bridgehead atoms. The van der Waals surface area contributed by atoms with Crippen LogP contribution in [0.3, 0.4) is 0 Å². The van der Waals surface area contributed by atoms with Gasteiger partial charge in [-0.05, 0) is 194 Å². The van der Waals surface area contributed by atoms with Crippen LogP contribution in [0.5, 0.6) is 0 Å². The van der Waals surface area contributed by atoms with E-state index >= 15 is 0 Å². The molecular formula is C38H46. The monoisotopic (exact) mass is 502 g/mol. The third-order valence-electron chi connectivity index (χ3n) is 14.7. The van der Waals surface area contributed by atoms with Crippen molar-refractivity contribution in [3.63, 3.8) is 0 Å². The van der Waals surface area contributed by atoms with Crippen molar-refractivity contribution in [2.24, 2.45) is 34.5 Å². The molecule has 0 heteroatoms. The van der Waals surface area contributed by atoms with Crippen LogP contribution in [0.1, 0.15) is 123 Å². The highest BCUT2D eigenvalue weighted by Gasteiger charge is 2.70. The van der Waals surface area contributed by atoms with Gasteiger partial charge in [0.05, 0.1) is 0 Å². The first-order valence-corrected chi connectivity index (χ1v) is 16.8. The lowest BCUT2D eigenvalue weighted by atomic mass is 9.30. The van der Waals surface area contributed by atoms with Crippen molar-refractivity contribution >= 4 is 0 Å². The molecule has 4 unspecified atom stereocenters. The molecule has 0 aliphatic heterocycles. The first kappa shape index (κ1) is 22.2. The summed E-state index contributed by atoms with van der Waals surface area (Å²) in [5.74, 6) is 4.03. The minimum atomic E-state index is 0.506. The summed E-state index contributed by atoms with van der Waals surface area (Å²) in [7, 11) is 0. The molecule has 12 rings (SSSR count). The van der Waals surface area contributed by atoms with Crippen molar-refractivity contribution in [1.29, 1.82) is 0 Å². The summed E-state index contributed by atoms with van der Waals surface area (Å²) in [5, 5.41) is 0. The molecule has 8 fully saturated rings. The first-order valence-electron chi connectivity index (χ1n) is 16.8. The fourth-order valence-electron chi connectivity index (χ4n) is 14.2. The molecule has 0 aromatic heterocycles. The van der Waals surface area contributed by atoms with Gasteiger partial charge in [-0.25, -0.2) is 0 Å². The van der Waals surface area contributed by atoms with Crippen LogP contribution in [0.25, 0.3) is 0 Å². The molecule has 2 aromatic rings. The van der Waals surface area contributed by atoms with E-state index in [-0.39, 0.29) is 0 Å². The number of hydrogen-bond donors (Lipinski definition) is 0. The van der Waals surface area contributed by atoms with E-state index < -0.39 is 0 Å². The van der Waals surface area contributed by atoms with Gasteiger partial charge in [0.15, 0.2) is 0 Å². The van der Waals surface area contributed by atoms with Crippen molar-refractivity contribution < 1.29 is 0 Å². The Hall–Kier alpha value is -1.56. The van der Waals surface area contributed by atoms with Gasteiger partial charge in [-0.1, -0.05) is 36.4 Å². The van der Waals surface area contributed by atoms with E-state index in [1.165, 1.54) is 64.2 Å². The Morgan fingerprint density at radius 2 is 0.842 bits per heavy atom. The Bertz CT molecular complexity index is 1210. The molecular weight excluding hydrogens is 456 g/mol. The fraction of sp³-hybridized carbons (Fsp3) is 0.684. The largest absolute Gasteiger partial charge is 0.0585 e. The third-order valence-corrected chi connectivity index (χ3v) is 14.7.